The highest BCUT2D eigenvalue weighted by atomic mass is 16.5. The van der Waals surface area contributed by atoms with Crippen LogP contribution in [0.15, 0.2) is 18.2 Å². The molecule has 0 radical (unpaired) electrons. The van der Waals surface area contributed by atoms with Gasteiger partial charge in [-0.3, -0.25) is 19.7 Å². The number of piperidine rings is 1. The minimum absolute atomic E-state index is 0.124. The number of carbonyl (C=O) groups excluding carboxylic acids is 3. The number of nitrogens with one attached hydrogen (secondary N) is 2. The SMILES string of the molecule is CC(C)CNC1CCCCC1Oc1ccc2c(c1)CN(C1CCC(=O)NC1=O)C2=O. The Morgan fingerprint density at radius 3 is 2.73 bits per heavy atom. The van der Waals surface area contributed by atoms with Crippen molar-refractivity contribution < 1.29 is 19.1 Å². The van der Waals surface area contributed by atoms with Crippen molar-refractivity contribution in [1.29, 1.82) is 0 Å². The highest BCUT2D eigenvalue weighted by Gasteiger charge is 2.39. The Morgan fingerprint density at radius 1 is 1.17 bits per heavy atom. The largest absolute Gasteiger partial charge is 0.489 e. The van der Waals surface area contributed by atoms with E-state index in [1.54, 1.807) is 11.0 Å². The Bertz CT molecular complexity index is 838. The zero-order valence-corrected chi connectivity index (χ0v) is 17.8. The maximum atomic E-state index is 12.8. The monoisotopic (exact) mass is 413 g/mol. The van der Waals surface area contributed by atoms with Gasteiger partial charge in [0.2, 0.25) is 11.8 Å². The Kier molecular flexibility index (Phi) is 6.09. The first-order valence-corrected chi connectivity index (χ1v) is 11.1. The van der Waals surface area contributed by atoms with Crippen LogP contribution in [0.2, 0.25) is 0 Å². The number of nitrogens with zero attached hydrogens (tertiary/aromatic N) is 1. The molecule has 3 aliphatic rings. The third kappa shape index (κ3) is 4.36. The van der Waals surface area contributed by atoms with Gasteiger partial charge in [-0.1, -0.05) is 20.3 Å². The topological polar surface area (TPSA) is 87.7 Å². The molecule has 1 aromatic rings. The zero-order valence-electron chi connectivity index (χ0n) is 17.8. The number of benzene rings is 1. The van der Waals surface area contributed by atoms with Crippen molar-refractivity contribution in [2.24, 2.45) is 5.92 Å². The van der Waals surface area contributed by atoms with Crippen molar-refractivity contribution >= 4 is 17.7 Å². The number of rotatable bonds is 6. The Balaban J connectivity index is 1.44. The highest BCUT2D eigenvalue weighted by Crippen LogP contribution is 2.32. The van der Waals surface area contributed by atoms with E-state index in [0.717, 1.165) is 37.1 Å². The van der Waals surface area contributed by atoms with Gasteiger partial charge in [-0.15, -0.1) is 0 Å². The molecule has 2 aliphatic heterocycles. The van der Waals surface area contributed by atoms with Crippen LogP contribution in [0.3, 0.4) is 0 Å². The van der Waals surface area contributed by atoms with Gasteiger partial charge in [0, 0.05) is 24.6 Å². The van der Waals surface area contributed by atoms with Gasteiger partial charge in [-0.2, -0.15) is 0 Å². The molecule has 7 heteroatoms. The normalized spacial score (nSPS) is 26.7. The van der Waals surface area contributed by atoms with Gasteiger partial charge >= 0.3 is 0 Å². The van der Waals surface area contributed by atoms with E-state index in [4.69, 9.17) is 4.74 Å². The van der Waals surface area contributed by atoms with E-state index in [9.17, 15) is 14.4 Å². The van der Waals surface area contributed by atoms with Gasteiger partial charge < -0.3 is 15.0 Å². The van der Waals surface area contributed by atoms with Crippen molar-refractivity contribution in [1.82, 2.24) is 15.5 Å². The third-order valence-corrected chi connectivity index (χ3v) is 6.27. The molecule has 0 bridgehead atoms. The molecule has 1 saturated carbocycles. The maximum absolute atomic E-state index is 12.8. The first-order valence-electron chi connectivity index (χ1n) is 11.1. The molecule has 3 unspecified atom stereocenters. The molecule has 2 N–H and O–H groups in total. The summed E-state index contributed by atoms with van der Waals surface area (Å²) in [5.74, 6) is 0.557. The molecule has 0 aromatic heterocycles. The lowest BCUT2D eigenvalue weighted by Gasteiger charge is -2.33. The average Bonchev–Trinajstić information content (AvgIpc) is 3.03. The summed E-state index contributed by atoms with van der Waals surface area (Å²) in [6.45, 7) is 5.76. The van der Waals surface area contributed by atoms with Crippen LogP contribution < -0.4 is 15.4 Å². The summed E-state index contributed by atoms with van der Waals surface area (Å²) < 4.78 is 6.36. The van der Waals surface area contributed by atoms with Gasteiger partial charge in [-0.25, -0.2) is 0 Å². The molecule has 1 aliphatic carbocycles. The van der Waals surface area contributed by atoms with E-state index in [1.807, 2.05) is 12.1 Å². The van der Waals surface area contributed by atoms with E-state index in [2.05, 4.69) is 24.5 Å². The fraction of sp³-hybridized carbons (Fsp3) is 0.609. The Labute approximate surface area is 177 Å². The van der Waals surface area contributed by atoms with E-state index in [-0.39, 0.29) is 30.2 Å². The summed E-state index contributed by atoms with van der Waals surface area (Å²) in [6, 6.07) is 5.36. The lowest BCUT2D eigenvalue weighted by Crippen LogP contribution is -2.52. The number of amides is 3. The first kappa shape index (κ1) is 20.8. The van der Waals surface area contributed by atoms with E-state index >= 15 is 0 Å². The van der Waals surface area contributed by atoms with Gasteiger partial charge in [0.15, 0.2) is 0 Å². The second kappa shape index (κ2) is 8.76. The molecule has 2 fully saturated rings. The van der Waals surface area contributed by atoms with Crippen LogP contribution in [-0.4, -0.2) is 47.4 Å². The molecule has 7 nitrogen and oxygen atoms in total. The molecule has 1 saturated heterocycles. The number of carbonyl (C=O) groups is 3. The molecule has 4 rings (SSSR count). The lowest BCUT2D eigenvalue weighted by atomic mass is 9.92. The molecular formula is C23H31N3O4. The van der Waals surface area contributed by atoms with Gasteiger partial charge in [0.05, 0.1) is 0 Å². The number of hydrogen-bond donors (Lipinski definition) is 2. The summed E-state index contributed by atoms with van der Waals surface area (Å²) >= 11 is 0. The van der Waals surface area contributed by atoms with Crippen LogP contribution in [0.4, 0.5) is 0 Å². The Hall–Kier alpha value is -2.41. The quantitative estimate of drug-likeness (QED) is 0.699. The van der Waals surface area contributed by atoms with Crippen LogP contribution in [0.25, 0.3) is 0 Å². The van der Waals surface area contributed by atoms with E-state index in [1.165, 1.54) is 6.42 Å². The second-order valence-corrected chi connectivity index (χ2v) is 9.07. The smallest absolute Gasteiger partial charge is 0.255 e. The van der Waals surface area contributed by atoms with Gasteiger partial charge in [0.1, 0.15) is 17.9 Å². The van der Waals surface area contributed by atoms with Crippen molar-refractivity contribution in [3.8, 4) is 5.75 Å². The number of hydrogen-bond acceptors (Lipinski definition) is 5. The van der Waals surface area contributed by atoms with Gasteiger partial charge in [0.25, 0.3) is 5.91 Å². The lowest BCUT2D eigenvalue weighted by molar-refractivity contribution is -0.136. The van der Waals surface area contributed by atoms with Gasteiger partial charge in [-0.05, 0) is 61.9 Å². The van der Waals surface area contributed by atoms with Crippen LogP contribution in [-0.2, 0) is 16.1 Å². The highest BCUT2D eigenvalue weighted by molar-refractivity contribution is 6.05. The Morgan fingerprint density at radius 2 is 1.97 bits per heavy atom. The summed E-state index contributed by atoms with van der Waals surface area (Å²) in [6.07, 6.45) is 5.28. The molecule has 3 amide bonds. The molecular weight excluding hydrogens is 382 g/mol. The third-order valence-electron chi connectivity index (χ3n) is 6.27. The fourth-order valence-corrected chi connectivity index (χ4v) is 4.66. The van der Waals surface area contributed by atoms with E-state index in [0.29, 0.717) is 30.5 Å². The molecule has 30 heavy (non-hydrogen) atoms. The minimum Gasteiger partial charge on any atom is -0.489 e. The predicted octanol–water partition coefficient (Wildman–Crippen LogP) is 2.38. The zero-order chi connectivity index (χ0) is 21.3. The molecule has 162 valence electrons. The number of fused-ring (bicyclic) bond motifs is 1. The molecule has 0 spiro atoms. The van der Waals surface area contributed by atoms with Crippen molar-refractivity contribution in [3.05, 3.63) is 29.3 Å². The van der Waals surface area contributed by atoms with Crippen molar-refractivity contribution in [3.63, 3.8) is 0 Å². The fourth-order valence-electron chi connectivity index (χ4n) is 4.66. The average molecular weight is 414 g/mol. The van der Waals surface area contributed by atoms with Crippen molar-refractivity contribution in [2.75, 3.05) is 6.54 Å². The standard InChI is InChI=1S/C23H31N3O4/c1-14(2)12-24-18-5-3-4-6-20(18)30-16-7-8-17-15(11-16)13-26(23(17)29)19-9-10-21(27)25-22(19)28/h7-8,11,14,18-20,24H,3-6,9-10,12-13H2,1-2H3,(H,25,27,28). The van der Waals surface area contributed by atoms with Crippen molar-refractivity contribution in [2.45, 2.75) is 77.1 Å². The van der Waals surface area contributed by atoms with Crippen LogP contribution in [0, 0.1) is 5.92 Å². The predicted molar refractivity (Wildman–Crippen MR) is 112 cm³/mol. The number of imide groups is 1. The summed E-state index contributed by atoms with van der Waals surface area (Å²) in [5.41, 5.74) is 1.50. The summed E-state index contributed by atoms with van der Waals surface area (Å²) in [4.78, 5) is 38.0. The minimum atomic E-state index is -0.588. The first-order chi connectivity index (χ1) is 14.4. The van der Waals surface area contributed by atoms with Crippen LogP contribution >= 0.6 is 0 Å². The molecule has 2 heterocycles. The molecule has 3 atom stereocenters. The summed E-state index contributed by atoms with van der Waals surface area (Å²) in [5, 5.41) is 5.99. The van der Waals surface area contributed by atoms with Crippen LogP contribution in [0.1, 0.15) is 68.3 Å². The summed E-state index contributed by atoms with van der Waals surface area (Å²) in [7, 11) is 0. The van der Waals surface area contributed by atoms with E-state index < -0.39 is 6.04 Å². The maximum Gasteiger partial charge on any atom is 0.255 e. The van der Waals surface area contributed by atoms with Crippen LogP contribution in [0.5, 0.6) is 5.75 Å². The second-order valence-electron chi connectivity index (χ2n) is 9.07. The molecule has 1 aromatic carbocycles. The number of ether oxygens (including phenoxy) is 1.